The minimum atomic E-state index is -4.55. The highest BCUT2D eigenvalue weighted by molar-refractivity contribution is 5.98. The Bertz CT molecular complexity index is 1130. The molecule has 6 rings (SSSR count). The Morgan fingerprint density at radius 3 is 2.44 bits per heavy atom. The fraction of sp³-hybridized carbons (Fsp3) is 0.609. The number of carbonyl (C=O) groups excluding carboxylic acids is 2. The smallest absolute Gasteiger partial charge is 0.336 e. The minimum absolute atomic E-state index is 0.0483. The number of piperazine rings is 1. The molecule has 6 nitrogen and oxygen atoms in total. The van der Waals surface area contributed by atoms with Crippen LogP contribution in [0, 0.1) is 11.8 Å². The van der Waals surface area contributed by atoms with Gasteiger partial charge in [0, 0.05) is 26.2 Å². The second-order valence-corrected chi connectivity index (χ2v) is 9.90. The maximum atomic E-state index is 13.8. The molecule has 1 aromatic carbocycles. The third-order valence-corrected chi connectivity index (χ3v) is 7.76. The number of hydrogen-bond donors (Lipinski definition) is 0. The Morgan fingerprint density at radius 1 is 1.09 bits per heavy atom. The topological polar surface area (TPSA) is 58.4 Å². The van der Waals surface area contributed by atoms with E-state index in [0.717, 1.165) is 37.5 Å². The molecule has 32 heavy (non-hydrogen) atoms. The number of hydrogen-bond acceptors (Lipinski definition) is 3. The zero-order chi connectivity index (χ0) is 22.4. The van der Waals surface area contributed by atoms with Crippen LogP contribution in [-0.2, 0) is 18.0 Å². The van der Waals surface area contributed by atoms with Crippen molar-refractivity contribution in [1.29, 1.82) is 0 Å². The third kappa shape index (κ3) is 3.19. The van der Waals surface area contributed by atoms with Crippen LogP contribution in [-0.4, -0.2) is 56.8 Å². The van der Waals surface area contributed by atoms with Gasteiger partial charge in [-0.3, -0.25) is 9.59 Å². The minimum Gasteiger partial charge on any atom is -0.336 e. The fourth-order valence-corrected chi connectivity index (χ4v) is 5.69. The predicted octanol–water partition coefficient (Wildman–Crippen LogP) is 3.55. The molecule has 0 unspecified atom stereocenters. The molecule has 0 spiro atoms. The number of benzene rings is 1. The van der Waals surface area contributed by atoms with E-state index in [1.54, 1.807) is 13.1 Å². The molecule has 3 saturated carbocycles. The van der Waals surface area contributed by atoms with Crippen molar-refractivity contribution < 1.29 is 22.8 Å². The fourth-order valence-electron chi connectivity index (χ4n) is 5.69. The van der Waals surface area contributed by atoms with Crippen molar-refractivity contribution in [3.05, 3.63) is 29.1 Å². The SMILES string of the molecule is Cn1c(C(=O)N2CCN(C3C[C@@H]4C[C@H]4C3)C(=O)C2)nc2c(C(F)(F)F)cc(C3CC3)cc21. The van der Waals surface area contributed by atoms with Crippen LogP contribution >= 0.6 is 0 Å². The van der Waals surface area contributed by atoms with Crippen LogP contribution in [0.15, 0.2) is 12.1 Å². The number of nitrogens with zero attached hydrogens (tertiary/aromatic N) is 4. The number of imidazole rings is 1. The van der Waals surface area contributed by atoms with Crippen molar-refractivity contribution in [2.24, 2.45) is 18.9 Å². The first-order chi connectivity index (χ1) is 15.2. The van der Waals surface area contributed by atoms with E-state index in [2.05, 4.69) is 4.98 Å². The lowest BCUT2D eigenvalue weighted by Gasteiger charge is -2.38. The van der Waals surface area contributed by atoms with Gasteiger partial charge in [0.25, 0.3) is 5.91 Å². The molecule has 0 N–H and O–H groups in total. The van der Waals surface area contributed by atoms with Crippen LogP contribution < -0.4 is 0 Å². The van der Waals surface area contributed by atoms with Crippen molar-refractivity contribution in [2.75, 3.05) is 19.6 Å². The summed E-state index contributed by atoms with van der Waals surface area (Å²) in [7, 11) is 1.57. The van der Waals surface area contributed by atoms with Gasteiger partial charge in [-0.1, -0.05) is 0 Å². The predicted molar refractivity (Wildman–Crippen MR) is 110 cm³/mol. The van der Waals surface area contributed by atoms with Gasteiger partial charge in [-0.05, 0) is 67.6 Å². The molecule has 1 aromatic heterocycles. The first-order valence-corrected chi connectivity index (χ1v) is 11.4. The summed E-state index contributed by atoms with van der Waals surface area (Å²) in [6, 6.07) is 3.17. The lowest BCUT2D eigenvalue weighted by atomic mass is 10.0. The van der Waals surface area contributed by atoms with Gasteiger partial charge >= 0.3 is 6.18 Å². The van der Waals surface area contributed by atoms with Crippen molar-refractivity contribution in [3.8, 4) is 0 Å². The van der Waals surface area contributed by atoms with Gasteiger partial charge in [-0.25, -0.2) is 4.98 Å². The molecule has 170 valence electrons. The molecule has 4 fully saturated rings. The van der Waals surface area contributed by atoms with E-state index in [-0.39, 0.29) is 35.8 Å². The summed E-state index contributed by atoms with van der Waals surface area (Å²) in [6.07, 6.45) is 0.583. The summed E-state index contributed by atoms with van der Waals surface area (Å²) >= 11 is 0. The van der Waals surface area contributed by atoms with Crippen LogP contribution in [0.2, 0.25) is 0 Å². The van der Waals surface area contributed by atoms with Gasteiger partial charge in [0.15, 0.2) is 5.82 Å². The highest BCUT2D eigenvalue weighted by Crippen LogP contribution is 2.53. The average molecular weight is 446 g/mol. The highest BCUT2D eigenvalue weighted by atomic mass is 19.4. The Hall–Kier alpha value is -2.58. The van der Waals surface area contributed by atoms with E-state index >= 15 is 0 Å². The van der Waals surface area contributed by atoms with Crippen molar-refractivity contribution >= 4 is 22.8 Å². The molecular weight excluding hydrogens is 421 g/mol. The molecule has 1 saturated heterocycles. The summed E-state index contributed by atoms with van der Waals surface area (Å²) in [5.74, 6) is 1.03. The van der Waals surface area contributed by atoms with Gasteiger partial charge in [0.1, 0.15) is 12.1 Å². The maximum absolute atomic E-state index is 13.8. The van der Waals surface area contributed by atoms with Gasteiger partial charge in [-0.2, -0.15) is 13.2 Å². The second-order valence-electron chi connectivity index (χ2n) is 9.90. The maximum Gasteiger partial charge on any atom is 0.418 e. The second kappa shape index (κ2) is 6.71. The van der Waals surface area contributed by atoms with Gasteiger partial charge in [-0.15, -0.1) is 0 Å². The molecule has 1 aliphatic heterocycles. The lowest BCUT2D eigenvalue weighted by molar-refractivity contribution is -0.138. The molecule has 0 radical (unpaired) electrons. The molecule has 2 heterocycles. The number of rotatable bonds is 3. The summed E-state index contributed by atoms with van der Waals surface area (Å²) < 4.78 is 42.7. The molecule has 0 bridgehead atoms. The zero-order valence-corrected chi connectivity index (χ0v) is 17.9. The Morgan fingerprint density at radius 2 is 1.81 bits per heavy atom. The van der Waals surface area contributed by atoms with Crippen LogP contribution in [0.5, 0.6) is 0 Å². The van der Waals surface area contributed by atoms with Crippen molar-refractivity contribution in [3.63, 3.8) is 0 Å². The van der Waals surface area contributed by atoms with E-state index in [4.69, 9.17) is 0 Å². The van der Waals surface area contributed by atoms with Crippen LogP contribution in [0.25, 0.3) is 11.0 Å². The number of amides is 2. The van der Waals surface area contributed by atoms with E-state index < -0.39 is 17.6 Å². The number of fused-ring (bicyclic) bond motifs is 2. The standard InChI is InChI=1S/C23H25F3N4O2/c1-28-18-10-15(12-2-3-12)9-17(23(24,25)26)20(18)27-21(28)22(32)29-4-5-30(19(31)11-29)16-7-13-6-14(13)8-16/h9-10,12-14,16H,2-8,11H2,1H3/t13-,14-/m0/s1. The van der Waals surface area contributed by atoms with Crippen LogP contribution in [0.1, 0.15) is 59.8 Å². The number of carbonyl (C=O) groups is 2. The van der Waals surface area contributed by atoms with Gasteiger partial charge in [0.2, 0.25) is 5.91 Å². The number of aryl methyl sites for hydroxylation is 1. The zero-order valence-electron chi connectivity index (χ0n) is 17.9. The number of halogens is 3. The van der Waals surface area contributed by atoms with Crippen molar-refractivity contribution in [1.82, 2.24) is 19.4 Å². The van der Waals surface area contributed by atoms with E-state index in [1.165, 1.54) is 22.0 Å². The first kappa shape index (κ1) is 20.1. The molecule has 9 heteroatoms. The molecule has 2 atom stereocenters. The molecule has 2 aromatic rings. The van der Waals surface area contributed by atoms with E-state index in [1.807, 2.05) is 4.90 Å². The van der Waals surface area contributed by atoms with E-state index in [0.29, 0.717) is 24.2 Å². The van der Waals surface area contributed by atoms with Crippen LogP contribution in [0.4, 0.5) is 13.2 Å². The Balaban J connectivity index is 1.28. The number of alkyl halides is 3. The van der Waals surface area contributed by atoms with E-state index in [9.17, 15) is 22.8 Å². The lowest BCUT2D eigenvalue weighted by Crippen LogP contribution is -2.55. The monoisotopic (exact) mass is 446 g/mol. The van der Waals surface area contributed by atoms with Crippen molar-refractivity contribution in [2.45, 2.75) is 50.2 Å². The highest BCUT2D eigenvalue weighted by Gasteiger charge is 2.49. The molecular formula is C23H25F3N4O2. The molecule has 4 aliphatic rings. The Labute approximate surface area is 183 Å². The largest absolute Gasteiger partial charge is 0.418 e. The first-order valence-electron chi connectivity index (χ1n) is 11.4. The molecule has 3 aliphatic carbocycles. The van der Waals surface area contributed by atoms with Crippen LogP contribution in [0.3, 0.4) is 0 Å². The number of aromatic nitrogens is 2. The summed E-state index contributed by atoms with van der Waals surface area (Å²) in [5.41, 5.74) is -0.0550. The average Bonchev–Trinajstić information content (AvgIpc) is 3.66. The summed E-state index contributed by atoms with van der Waals surface area (Å²) in [6.45, 7) is 0.796. The quantitative estimate of drug-likeness (QED) is 0.725. The molecule has 2 amide bonds. The summed E-state index contributed by atoms with van der Waals surface area (Å²) in [5, 5.41) is 0. The normalized spacial score (nSPS) is 26.2. The third-order valence-electron chi connectivity index (χ3n) is 7.76. The van der Waals surface area contributed by atoms with Gasteiger partial charge in [0.05, 0.1) is 11.1 Å². The Kier molecular flexibility index (Phi) is 4.21. The van der Waals surface area contributed by atoms with Gasteiger partial charge < -0.3 is 14.4 Å². The summed E-state index contributed by atoms with van der Waals surface area (Å²) in [4.78, 5) is 33.4.